The van der Waals surface area contributed by atoms with Gasteiger partial charge in [0.1, 0.15) is 5.69 Å². The molecule has 0 aliphatic carbocycles. The van der Waals surface area contributed by atoms with Crippen molar-refractivity contribution >= 4 is 17.6 Å². The van der Waals surface area contributed by atoms with Crippen molar-refractivity contribution in [1.82, 2.24) is 9.88 Å². The number of esters is 1. The Bertz CT molecular complexity index is 480. The molecule has 20 heavy (non-hydrogen) atoms. The molecule has 0 radical (unpaired) electrons. The molecule has 0 aliphatic heterocycles. The number of nitrogens with zero attached hydrogens (tertiary/aromatic N) is 1. The third kappa shape index (κ3) is 4.29. The highest BCUT2D eigenvalue weighted by Crippen LogP contribution is 2.11. The first-order valence-corrected chi connectivity index (χ1v) is 6.77. The highest BCUT2D eigenvalue weighted by molar-refractivity contribution is 5.91. The van der Waals surface area contributed by atoms with Crippen molar-refractivity contribution in [2.75, 3.05) is 12.3 Å². The summed E-state index contributed by atoms with van der Waals surface area (Å²) in [5, 5.41) is 2.77. The zero-order chi connectivity index (χ0) is 15.3. The van der Waals surface area contributed by atoms with E-state index in [4.69, 9.17) is 10.5 Å². The minimum Gasteiger partial charge on any atom is -0.451 e. The zero-order valence-electron chi connectivity index (χ0n) is 12.5. The Balaban J connectivity index is 2.53. The number of carbonyl (C=O) groups excluding carboxylic acids is 2. The Labute approximate surface area is 119 Å². The average molecular weight is 281 g/mol. The number of nitrogen functional groups attached to an aromatic ring is 1. The van der Waals surface area contributed by atoms with Gasteiger partial charge in [-0.15, -0.1) is 0 Å². The smallest absolute Gasteiger partial charge is 0.355 e. The number of amides is 1. The number of ether oxygens (including phenoxy) is 1. The second kappa shape index (κ2) is 6.98. The highest BCUT2D eigenvalue weighted by atomic mass is 16.5. The molecule has 3 N–H and O–H groups in total. The van der Waals surface area contributed by atoms with Gasteiger partial charge in [-0.25, -0.2) is 4.79 Å². The molecule has 1 aromatic heterocycles. The van der Waals surface area contributed by atoms with Crippen molar-refractivity contribution in [2.24, 2.45) is 5.92 Å². The molecule has 0 saturated heterocycles. The molecule has 0 aliphatic rings. The molecule has 0 bridgehead atoms. The summed E-state index contributed by atoms with van der Waals surface area (Å²) in [6.07, 6.45) is 1.66. The molecule has 112 valence electrons. The monoisotopic (exact) mass is 281 g/mol. The van der Waals surface area contributed by atoms with Crippen molar-refractivity contribution in [2.45, 2.75) is 40.3 Å². The van der Waals surface area contributed by atoms with Crippen LogP contribution in [0.1, 0.15) is 38.2 Å². The first-order valence-electron chi connectivity index (χ1n) is 6.77. The molecule has 1 aromatic rings. The number of anilines is 1. The number of aryl methyl sites for hydroxylation is 1. The minimum atomic E-state index is -0.545. The third-order valence-corrected chi connectivity index (χ3v) is 3.19. The Hall–Kier alpha value is -1.98. The van der Waals surface area contributed by atoms with E-state index in [2.05, 4.69) is 5.32 Å². The van der Waals surface area contributed by atoms with Crippen molar-refractivity contribution in [3.05, 3.63) is 18.0 Å². The van der Waals surface area contributed by atoms with Gasteiger partial charge in [0.15, 0.2) is 6.61 Å². The van der Waals surface area contributed by atoms with E-state index in [-0.39, 0.29) is 18.6 Å². The Morgan fingerprint density at radius 2 is 2.05 bits per heavy atom. The molecule has 0 spiro atoms. The van der Waals surface area contributed by atoms with E-state index in [9.17, 15) is 9.59 Å². The second-order valence-corrected chi connectivity index (χ2v) is 5.12. The highest BCUT2D eigenvalue weighted by Gasteiger charge is 2.16. The van der Waals surface area contributed by atoms with Gasteiger partial charge in [-0.05, 0) is 25.8 Å². The Morgan fingerprint density at radius 1 is 1.40 bits per heavy atom. The van der Waals surface area contributed by atoms with Gasteiger partial charge in [-0.2, -0.15) is 0 Å². The lowest BCUT2D eigenvalue weighted by molar-refractivity contribution is -0.125. The number of aromatic nitrogens is 1. The van der Waals surface area contributed by atoms with Crippen LogP contribution in [0.4, 0.5) is 5.69 Å². The summed E-state index contributed by atoms with van der Waals surface area (Å²) in [4.78, 5) is 23.5. The molecule has 1 amide bonds. The Morgan fingerprint density at radius 3 is 2.60 bits per heavy atom. The van der Waals surface area contributed by atoms with Crippen molar-refractivity contribution < 1.29 is 14.3 Å². The topological polar surface area (TPSA) is 86.3 Å². The largest absolute Gasteiger partial charge is 0.451 e. The molecule has 1 heterocycles. The summed E-state index contributed by atoms with van der Waals surface area (Å²) in [5.74, 6) is -0.523. The summed E-state index contributed by atoms with van der Waals surface area (Å²) in [7, 11) is 0. The van der Waals surface area contributed by atoms with Crippen LogP contribution in [0.15, 0.2) is 12.3 Å². The maximum atomic E-state index is 11.9. The summed E-state index contributed by atoms with van der Waals surface area (Å²) >= 11 is 0. The van der Waals surface area contributed by atoms with Crippen LogP contribution in [0.5, 0.6) is 0 Å². The van der Waals surface area contributed by atoms with Crippen LogP contribution in [0.25, 0.3) is 0 Å². The molecular formula is C14H23N3O3. The maximum absolute atomic E-state index is 11.9. The lowest BCUT2D eigenvalue weighted by atomic mass is 10.1. The summed E-state index contributed by atoms with van der Waals surface area (Å²) in [6.45, 7) is 8.14. The van der Waals surface area contributed by atoms with E-state index in [1.54, 1.807) is 16.8 Å². The average Bonchev–Trinajstić information content (AvgIpc) is 2.77. The second-order valence-electron chi connectivity index (χ2n) is 5.12. The number of hydrogen-bond donors (Lipinski definition) is 2. The summed E-state index contributed by atoms with van der Waals surface area (Å²) < 4.78 is 6.69. The first-order chi connectivity index (χ1) is 9.35. The van der Waals surface area contributed by atoms with Gasteiger partial charge in [0.05, 0.1) is 5.69 Å². The predicted molar refractivity (Wildman–Crippen MR) is 77.2 cm³/mol. The Kier molecular flexibility index (Phi) is 5.61. The van der Waals surface area contributed by atoms with Gasteiger partial charge >= 0.3 is 5.97 Å². The number of rotatable bonds is 6. The van der Waals surface area contributed by atoms with Crippen LogP contribution >= 0.6 is 0 Å². The molecule has 0 aromatic carbocycles. The minimum absolute atomic E-state index is 0.0383. The van der Waals surface area contributed by atoms with Gasteiger partial charge in [0.25, 0.3) is 5.91 Å². The predicted octanol–water partition coefficient (Wildman–Crippen LogP) is 1.41. The van der Waals surface area contributed by atoms with Crippen LogP contribution < -0.4 is 11.1 Å². The summed E-state index contributed by atoms with van der Waals surface area (Å²) in [6, 6.07) is 1.58. The molecule has 6 nitrogen and oxygen atoms in total. The van der Waals surface area contributed by atoms with Crippen molar-refractivity contribution in [3.8, 4) is 0 Å². The SMILES string of the molecule is CCn1cc(N)cc1C(=O)OCC(=O)NC(C)C(C)C. The van der Waals surface area contributed by atoms with E-state index >= 15 is 0 Å². The van der Waals surface area contributed by atoms with E-state index in [0.717, 1.165) is 0 Å². The number of nitrogens with two attached hydrogens (primary N) is 1. The van der Waals surface area contributed by atoms with Gasteiger partial charge in [0.2, 0.25) is 0 Å². The molecule has 1 rings (SSSR count). The summed E-state index contributed by atoms with van der Waals surface area (Å²) in [5.41, 5.74) is 6.49. The lowest BCUT2D eigenvalue weighted by Gasteiger charge is -2.17. The maximum Gasteiger partial charge on any atom is 0.355 e. The molecule has 0 fully saturated rings. The molecule has 6 heteroatoms. The number of carbonyl (C=O) groups is 2. The fourth-order valence-corrected chi connectivity index (χ4v) is 1.63. The molecule has 1 unspecified atom stereocenters. The first kappa shape index (κ1) is 16.1. The van der Waals surface area contributed by atoms with Crippen LogP contribution in [-0.2, 0) is 16.1 Å². The fraction of sp³-hybridized carbons (Fsp3) is 0.571. The van der Waals surface area contributed by atoms with Crippen molar-refractivity contribution in [1.29, 1.82) is 0 Å². The molecule has 1 atom stereocenters. The van der Waals surface area contributed by atoms with E-state index in [0.29, 0.717) is 23.8 Å². The van der Waals surface area contributed by atoms with Gasteiger partial charge in [0, 0.05) is 18.8 Å². The fourth-order valence-electron chi connectivity index (χ4n) is 1.63. The standard InChI is InChI=1S/C14H23N3O3/c1-5-17-7-11(15)6-12(17)14(19)20-8-13(18)16-10(4)9(2)3/h6-7,9-10H,5,8,15H2,1-4H3,(H,16,18). The van der Waals surface area contributed by atoms with Gasteiger partial charge < -0.3 is 20.4 Å². The van der Waals surface area contributed by atoms with Gasteiger partial charge in [-0.3, -0.25) is 4.79 Å². The van der Waals surface area contributed by atoms with Crippen LogP contribution in [-0.4, -0.2) is 29.1 Å². The number of hydrogen-bond acceptors (Lipinski definition) is 4. The quantitative estimate of drug-likeness (QED) is 0.772. The van der Waals surface area contributed by atoms with Crippen molar-refractivity contribution in [3.63, 3.8) is 0 Å². The molecule has 0 saturated carbocycles. The third-order valence-electron chi connectivity index (χ3n) is 3.19. The van der Waals surface area contributed by atoms with Crippen LogP contribution in [0, 0.1) is 5.92 Å². The van der Waals surface area contributed by atoms with E-state index < -0.39 is 5.97 Å². The number of nitrogens with one attached hydrogen (secondary N) is 1. The normalized spacial score (nSPS) is 12.2. The van der Waals surface area contributed by atoms with Crippen LogP contribution in [0.3, 0.4) is 0 Å². The zero-order valence-corrected chi connectivity index (χ0v) is 12.5. The van der Waals surface area contributed by atoms with E-state index in [1.165, 1.54) is 0 Å². The van der Waals surface area contributed by atoms with Crippen LogP contribution in [0.2, 0.25) is 0 Å². The molecular weight excluding hydrogens is 258 g/mol. The van der Waals surface area contributed by atoms with E-state index in [1.807, 2.05) is 27.7 Å². The van der Waals surface area contributed by atoms with Gasteiger partial charge in [-0.1, -0.05) is 13.8 Å². The lowest BCUT2D eigenvalue weighted by Crippen LogP contribution is -2.38.